The second-order valence-corrected chi connectivity index (χ2v) is 2.93. The minimum absolute atomic E-state index is 0.175. The number of nitrogens with two attached hydrogens (primary N) is 1. The molecule has 1 aromatic heterocycles. The predicted molar refractivity (Wildman–Crippen MR) is 51.3 cm³/mol. The molecule has 3 N–H and O–H groups in total. The number of anilines is 1. The molecular weight excluding hydrogens is 190 g/mol. The van der Waals surface area contributed by atoms with Gasteiger partial charge in [-0.2, -0.15) is 9.97 Å². The molecule has 6 heteroatoms. The minimum atomic E-state index is 0.175. The SMILES string of the molecule is CCCCc1nc(Cl)nc(NN)n1. The van der Waals surface area contributed by atoms with Crippen molar-refractivity contribution in [3.05, 3.63) is 11.1 Å². The molecule has 0 saturated heterocycles. The summed E-state index contributed by atoms with van der Waals surface area (Å²) in [5.41, 5.74) is 2.34. The second kappa shape index (κ2) is 4.94. The first-order valence-corrected chi connectivity index (χ1v) is 4.51. The lowest BCUT2D eigenvalue weighted by Crippen LogP contribution is -2.12. The molecule has 0 aliphatic carbocycles. The van der Waals surface area contributed by atoms with Crippen molar-refractivity contribution in [3.8, 4) is 0 Å². The Hall–Kier alpha value is -0.940. The molecule has 0 aromatic carbocycles. The first-order chi connectivity index (χ1) is 6.26. The van der Waals surface area contributed by atoms with Crippen LogP contribution in [0, 0.1) is 0 Å². The van der Waals surface area contributed by atoms with Gasteiger partial charge >= 0.3 is 0 Å². The first kappa shape index (κ1) is 10.1. The lowest BCUT2D eigenvalue weighted by Gasteiger charge is -2.01. The highest BCUT2D eigenvalue weighted by atomic mass is 35.5. The van der Waals surface area contributed by atoms with Crippen LogP contribution in [0.3, 0.4) is 0 Å². The highest BCUT2D eigenvalue weighted by Crippen LogP contribution is 2.06. The van der Waals surface area contributed by atoms with Crippen molar-refractivity contribution in [1.29, 1.82) is 0 Å². The van der Waals surface area contributed by atoms with E-state index in [4.69, 9.17) is 17.4 Å². The number of nitrogens with one attached hydrogen (secondary N) is 1. The Kier molecular flexibility index (Phi) is 3.85. The molecule has 0 saturated carbocycles. The maximum atomic E-state index is 5.65. The van der Waals surface area contributed by atoms with E-state index in [1.54, 1.807) is 0 Å². The first-order valence-electron chi connectivity index (χ1n) is 4.13. The molecule has 5 nitrogen and oxygen atoms in total. The molecule has 72 valence electrons. The van der Waals surface area contributed by atoms with E-state index in [2.05, 4.69) is 27.3 Å². The zero-order valence-electron chi connectivity index (χ0n) is 7.42. The number of nitrogen functional groups attached to an aromatic ring is 1. The number of hydrogen-bond acceptors (Lipinski definition) is 5. The fourth-order valence-corrected chi connectivity index (χ4v) is 1.08. The van der Waals surface area contributed by atoms with Crippen molar-refractivity contribution >= 4 is 17.5 Å². The zero-order chi connectivity index (χ0) is 9.68. The molecule has 1 aromatic rings. The van der Waals surface area contributed by atoms with Crippen LogP contribution < -0.4 is 11.3 Å². The Labute approximate surface area is 81.7 Å². The molecule has 0 radical (unpaired) electrons. The molecule has 0 spiro atoms. The van der Waals surface area contributed by atoms with Crippen molar-refractivity contribution in [2.75, 3.05) is 5.43 Å². The van der Waals surface area contributed by atoms with Gasteiger partial charge in [0, 0.05) is 6.42 Å². The molecule has 0 aliphatic rings. The number of aryl methyl sites for hydroxylation is 1. The molecule has 13 heavy (non-hydrogen) atoms. The number of hydrogen-bond donors (Lipinski definition) is 2. The Morgan fingerprint density at radius 3 is 2.77 bits per heavy atom. The highest BCUT2D eigenvalue weighted by molar-refractivity contribution is 6.28. The summed E-state index contributed by atoms with van der Waals surface area (Å²) in [6.45, 7) is 2.10. The Balaban J connectivity index is 2.76. The molecule has 0 amide bonds. The third-order valence-corrected chi connectivity index (χ3v) is 1.71. The van der Waals surface area contributed by atoms with E-state index in [0.29, 0.717) is 11.8 Å². The number of rotatable bonds is 4. The van der Waals surface area contributed by atoms with Gasteiger partial charge < -0.3 is 0 Å². The van der Waals surface area contributed by atoms with Gasteiger partial charge in [0.15, 0.2) is 0 Å². The lowest BCUT2D eigenvalue weighted by molar-refractivity contribution is 0.745. The quantitative estimate of drug-likeness (QED) is 0.565. The number of aromatic nitrogens is 3. The third kappa shape index (κ3) is 3.12. The van der Waals surface area contributed by atoms with E-state index in [-0.39, 0.29) is 5.28 Å². The fraction of sp³-hybridized carbons (Fsp3) is 0.571. The molecule has 0 fully saturated rings. The van der Waals surface area contributed by atoms with Crippen LogP contribution in [0.5, 0.6) is 0 Å². The van der Waals surface area contributed by atoms with E-state index in [1.807, 2.05) is 0 Å². The summed E-state index contributed by atoms with van der Waals surface area (Å²) in [5.74, 6) is 6.14. The number of hydrazine groups is 1. The van der Waals surface area contributed by atoms with Gasteiger partial charge in [-0.1, -0.05) is 13.3 Å². The van der Waals surface area contributed by atoms with Gasteiger partial charge in [0.25, 0.3) is 0 Å². The summed E-state index contributed by atoms with van der Waals surface area (Å²) < 4.78 is 0. The van der Waals surface area contributed by atoms with Gasteiger partial charge in [-0.05, 0) is 18.0 Å². The predicted octanol–water partition coefficient (Wildman–Crippen LogP) is 1.15. The van der Waals surface area contributed by atoms with E-state index < -0.39 is 0 Å². The maximum Gasteiger partial charge on any atom is 0.241 e. The van der Waals surface area contributed by atoms with E-state index in [0.717, 1.165) is 19.3 Å². The average molecular weight is 202 g/mol. The van der Waals surface area contributed by atoms with Crippen molar-refractivity contribution in [1.82, 2.24) is 15.0 Å². The summed E-state index contributed by atoms with van der Waals surface area (Å²) >= 11 is 5.65. The van der Waals surface area contributed by atoms with Crippen LogP contribution in [0.2, 0.25) is 5.28 Å². The fourth-order valence-electron chi connectivity index (χ4n) is 0.902. The summed E-state index contributed by atoms with van der Waals surface area (Å²) in [7, 11) is 0. The average Bonchev–Trinajstić information content (AvgIpc) is 2.14. The van der Waals surface area contributed by atoms with E-state index in [1.165, 1.54) is 0 Å². The Morgan fingerprint density at radius 1 is 1.38 bits per heavy atom. The van der Waals surface area contributed by atoms with Gasteiger partial charge in [-0.15, -0.1) is 0 Å². The van der Waals surface area contributed by atoms with Crippen LogP contribution in [-0.2, 0) is 6.42 Å². The van der Waals surface area contributed by atoms with Gasteiger partial charge in [0.2, 0.25) is 11.2 Å². The standard InChI is InChI=1S/C7H12ClN5/c1-2-3-4-5-10-6(8)12-7(11-5)13-9/h2-4,9H2,1H3,(H,10,11,12,13). The molecule has 0 aliphatic heterocycles. The summed E-state index contributed by atoms with van der Waals surface area (Å²) in [4.78, 5) is 11.8. The van der Waals surface area contributed by atoms with Gasteiger partial charge in [0.1, 0.15) is 5.82 Å². The monoisotopic (exact) mass is 201 g/mol. The number of halogens is 1. The van der Waals surface area contributed by atoms with Crippen molar-refractivity contribution in [3.63, 3.8) is 0 Å². The van der Waals surface area contributed by atoms with Crippen LogP contribution >= 0.6 is 11.6 Å². The van der Waals surface area contributed by atoms with Gasteiger partial charge in [0.05, 0.1) is 0 Å². The van der Waals surface area contributed by atoms with Gasteiger partial charge in [-0.3, -0.25) is 5.43 Å². The Morgan fingerprint density at radius 2 is 2.15 bits per heavy atom. The normalized spacial score (nSPS) is 10.1. The van der Waals surface area contributed by atoms with Crippen molar-refractivity contribution in [2.24, 2.45) is 5.84 Å². The van der Waals surface area contributed by atoms with E-state index in [9.17, 15) is 0 Å². The molecule has 0 unspecified atom stereocenters. The lowest BCUT2D eigenvalue weighted by atomic mass is 10.2. The van der Waals surface area contributed by atoms with Crippen LogP contribution in [0.1, 0.15) is 25.6 Å². The van der Waals surface area contributed by atoms with Crippen LogP contribution in [0.15, 0.2) is 0 Å². The maximum absolute atomic E-state index is 5.65. The highest BCUT2D eigenvalue weighted by Gasteiger charge is 2.02. The van der Waals surface area contributed by atoms with Crippen LogP contribution in [0.4, 0.5) is 5.95 Å². The van der Waals surface area contributed by atoms with Crippen molar-refractivity contribution in [2.45, 2.75) is 26.2 Å². The number of unbranched alkanes of at least 4 members (excludes halogenated alkanes) is 1. The largest absolute Gasteiger partial charge is 0.292 e. The summed E-state index contributed by atoms with van der Waals surface area (Å²) in [6, 6.07) is 0. The van der Waals surface area contributed by atoms with Crippen molar-refractivity contribution < 1.29 is 0 Å². The molecular formula is C7H12ClN5. The second-order valence-electron chi connectivity index (χ2n) is 2.59. The number of nitrogens with zero attached hydrogens (tertiary/aromatic N) is 3. The summed E-state index contributed by atoms with van der Waals surface area (Å²) in [6.07, 6.45) is 2.92. The van der Waals surface area contributed by atoms with Gasteiger partial charge in [-0.25, -0.2) is 10.8 Å². The molecule has 1 rings (SSSR count). The summed E-state index contributed by atoms with van der Waals surface area (Å²) in [5, 5.41) is 0.175. The topological polar surface area (TPSA) is 76.7 Å². The van der Waals surface area contributed by atoms with Crippen LogP contribution in [-0.4, -0.2) is 15.0 Å². The Bertz CT molecular complexity index is 278. The van der Waals surface area contributed by atoms with Crippen LogP contribution in [0.25, 0.3) is 0 Å². The minimum Gasteiger partial charge on any atom is -0.292 e. The molecule has 1 heterocycles. The molecule has 0 atom stereocenters. The molecule has 0 bridgehead atoms. The third-order valence-electron chi connectivity index (χ3n) is 1.54. The smallest absolute Gasteiger partial charge is 0.241 e. The van der Waals surface area contributed by atoms with E-state index >= 15 is 0 Å². The zero-order valence-corrected chi connectivity index (χ0v) is 8.17.